The monoisotopic (exact) mass is 368 g/mol. The number of para-hydroxylation sites is 1. The third kappa shape index (κ3) is 1.94. The minimum absolute atomic E-state index is 0.0256. The SMILES string of the molecule is CCC12CCCN3CC(OC)C4(C(=C(C(=O)OC)C1)Nc1ccccc14)C32. The molecule has 2 saturated heterocycles. The Morgan fingerprint density at radius 2 is 2.15 bits per heavy atom. The molecule has 0 saturated carbocycles. The largest absolute Gasteiger partial charge is 0.466 e. The number of nitrogens with one attached hydrogen (secondary N) is 1. The van der Waals surface area contributed by atoms with Crippen molar-refractivity contribution in [2.24, 2.45) is 5.41 Å². The molecule has 5 nitrogen and oxygen atoms in total. The molecule has 0 aromatic heterocycles. The van der Waals surface area contributed by atoms with Crippen LogP contribution in [0.4, 0.5) is 5.69 Å². The number of anilines is 1. The van der Waals surface area contributed by atoms with Crippen molar-refractivity contribution in [3.05, 3.63) is 41.1 Å². The van der Waals surface area contributed by atoms with E-state index in [4.69, 9.17) is 9.47 Å². The first-order valence-corrected chi connectivity index (χ1v) is 10.1. The molecule has 1 aliphatic carbocycles. The number of ether oxygens (including phenoxy) is 2. The molecule has 2 fully saturated rings. The van der Waals surface area contributed by atoms with Crippen LogP contribution in [0.3, 0.4) is 0 Å². The van der Waals surface area contributed by atoms with Crippen LogP contribution < -0.4 is 5.32 Å². The highest BCUT2D eigenvalue weighted by molar-refractivity contribution is 5.93. The van der Waals surface area contributed by atoms with Crippen LogP contribution >= 0.6 is 0 Å². The number of hydrogen-bond acceptors (Lipinski definition) is 5. The van der Waals surface area contributed by atoms with E-state index in [1.165, 1.54) is 19.1 Å². The fraction of sp³-hybridized carbons (Fsp3) is 0.591. The first-order chi connectivity index (χ1) is 13.1. The summed E-state index contributed by atoms with van der Waals surface area (Å²) in [6.45, 7) is 4.30. The van der Waals surface area contributed by atoms with Gasteiger partial charge in [-0.1, -0.05) is 25.1 Å². The van der Waals surface area contributed by atoms with E-state index >= 15 is 0 Å². The zero-order valence-corrected chi connectivity index (χ0v) is 16.4. The van der Waals surface area contributed by atoms with Gasteiger partial charge in [0.25, 0.3) is 0 Å². The van der Waals surface area contributed by atoms with E-state index in [0.29, 0.717) is 6.04 Å². The summed E-state index contributed by atoms with van der Waals surface area (Å²) in [5, 5.41) is 3.63. The zero-order valence-electron chi connectivity index (χ0n) is 16.4. The van der Waals surface area contributed by atoms with E-state index < -0.39 is 0 Å². The van der Waals surface area contributed by atoms with E-state index in [0.717, 1.165) is 49.3 Å². The Balaban J connectivity index is 1.85. The molecule has 1 spiro atoms. The van der Waals surface area contributed by atoms with Crippen molar-refractivity contribution >= 4 is 11.7 Å². The molecule has 0 bridgehead atoms. The second-order valence-corrected chi connectivity index (χ2v) is 8.50. The maximum Gasteiger partial charge on any atom is 0.335 e. The Morgan fingerprint density at radius 3 is 2.89 bits per heavy atom. The fourth-order valence-electron chi connectivity index (χ4n) is 6.74. The summed E-state index contributed by atoms with van der Waals surface area (Å²) in [4.78, 5) is 15.5. The normalized spacial score (nSPS) is 36.7. The molecule has 4 atom stereocenters. The third-order valence-corrected chi connectivity index (χ3v) is 7.70. The highest BCUT2D eigenvalue weighted by Gasteiger charge is 2.70. The molecule has 1 N–H and O–H groups in total. The van der Waals surface area contributed by atoms with E-state index in [1.807, 2.05) is 7.11 Å². The molecule has 3 aliphatic heterocycles. The molecule has 5 heteroatoms. The number of rotatable bonds is 3. The van der Waals surface area contributed by atoms with Gasteiger partial charge in [-0.05, 0) is 49.3 Å². The number of carbonyl (C=O) groups excluding carboxylic acids is 1. The summed E-state index contributed by atoms with van der Waals surface area (Å²) in [5.41, 5.74) is 4.00. The highest BCUT2D eigenvalue weighted by Crippen LogP contribution is 2.65. The average molecular weight is 368 g/mol. The second-order valence-electron chi connectivity index (χ2n) is 8.50. The summed E-state index contributed by atoms with van der Waals surface area (Å²) < 4.78 is 11.4. The van der Waals surface area contributed by atoms with Gasteiger partial charge in [0, 0.05) is 31.1 Å². The lowest BCUT2D eigenvalue weighted by atomic mass is 9.53. The van der Waals surface area contributed by atoms with Gasteiger partial charge in [0.2, 0.25) is 0 Å². The minimum atomic E-state index is -0.316. The molecular weight excluding hydrogens is 340 g/mol. The molecular formula is C22H28N2O3. The Bertz CT molecular complexity index is 835. The van der Waals surface area contributed by atoms with Crippen molar-refractivity contribution in [1.29, 1.82) is 0 Å². The van der Waals surface area contributed by atoms with E-state index in [9.17, 15) is 4.79 Å². The van der Waals surface area contributed by atoms with Crippen molar-refractivity contribution < 1.29 is 14.3 Å². The number of piperidine rings is 1. The number of fused-ring (bicyclic) bond motifs is 1. The number of esters is 1. The first kappa shape index (κ1) is 17.3. The van der Waals surface area contributed by atoms with Crippen LogP contribution in [0.1, 0.15) is 38.2 Å². The number of carbonyl (C=O) groups is 1. The lowest BCUT2D eigenvalue weighted by Gasteiger charge is -2.56. The van der Waals surface area contributed by atoms with Gasteiger partial charge in [0.1, 0.15) is 0 Å². The predicted molar refractivity (Wildman–Crippen MR) is 104 cm³/mol. The van der Waals surface area contributed by atoms with E-state index in [2.05, 4.69) is 41.4 Å². The molecule has 27 heavy (non-hydrogen) atoms. The van der Waals surface area contributed by atoms with Gasteiger partial charge in [-0.2, -0.15) is 0 Å². The third-order valence-electron chi connectivity index (χ3n) is 7.70. The average Bonchev–Trinajstić information content (AvgIpc) is 3.24. The van der Waals surface area contributed by atoms with Crippen molar-refractivity contribution in [2.75, 3.05) is 32.6 Å². The maximum atomic E-state index is 12.9. The van der Waals surface area contributed by atoms with Crippen LogP contribution in [0.15, 0.2) is 35.5 Å². The van der Waals surface area contributed by atoms with Gasteiger partial charge in [-0.3, -0.25) is 4.90 Å². The summed E-state index contributed by atoms with van der Waals surface area (Å²) in [6.07, 6.45) is 4.19. The maximum absolute atomic E-state index is 12.9. The summed E-state index contributed by atoms with van der Waals surface area (Å²) >= 11 is 0. The van der Waals surface area contributed by atoms with Gasteiger partial charge in [-0.25, -0.2) is 4.79 Å². The summed E-state index contributed by atoms with van der Waals surface area (Å²) in [5.74, 6) is -0.199. The van der Waals surface area contributed by atoms with Crippen LogP contribution in [0.5, 0.6) is 0 Å². The number of nitrogens with zero attached hydrogens (tertiary/aromatic N) is 1. The van der Waals surface area contributed by atoms with Crippen molar-refractivity contribution in [3.8, 4) is 0 Å². The Kier molecular flexibility index (Phi) is 3.72. The van der Waals surface area contributed by atoms with Crippen LogP contribution in [-0.4, -0.2) is 50.3 Å². The highest BCUT2D eigenvalue weighted by atomic mass is 16.5. The molecule has 4 unspecified atom stereocenters. The van der Waals surface area contributed by atoms with Crippen LogP contribution in [0.25, 0.3) is 0 Å². The second kappa shape index (κ2) is 5.82. The van der Waals surface area contributed by atoms with E-state index in [-0.39, 0.29) is 22.9 Å². The van der Waals surface area contributed by atoms with Crippen LogP contribution in [0, 0.1) is 5.41 Å². The number of benzene rings is 1. The molecule has 1 aromatic rings. The van der Waals surface area contributed by atoms with Gasteiger partial charge in [-0.15, -0.1) is 0 Å². The lowest BCUT2D eigenvalue weighted by molar-refractivity contribution is -0.137. The molecule has 5 rings (SSSR count). The van der Waals surface area contributed by atoms with Gasteiger partial charge in [0.15, 0.2) is 0 Å². The smallest absolute Gasteiger partial charge is 0.335 e. The topological polar surface area (TPSA) is 50.8 Å². The van der Waals surface area contributed by atoms with E-state index in [1.54, 1.807) is 0 Å². The van der Waals surface area contributed by atoms with Gasteiger partial charge >= 0.3 is 5.97 Å². The summed E-state index contributed by atoms with van der Waals surface area (Å²) in [6, 6.07) is 8.86. The fourth-order valence-corrected chi connectivity index (χ4v) is 6.74. The number of hydrogen-bond donors (Lipinski definition) is 1. The molecule has 4 aliphatic rings. The van der Waals surface area contributed by atoms with Gasteiger partial charge in [0.05, 0.1) is 24.2 Å². The zero-order chi connectivity index (χ0) is 18.8. The standard InChI is InChI=1S/C22H28N2O3/c1-4-21-10-7-11-24-13-17(26-2)22(20(21)24)15-8-5-6-9-16(15)23-18(22)14(12-21)19(25)27-3/h5-6,8-9,17,20,23H,4,7,10-13H2,1-3H3. The minimum Gasteiger partial charge on any atom is -0.466 e. The molecule has 3 heterocycles. The van der Waals surface area contributed by atoms with Crippen molar-refractivity contribution in [1.82, 2.24) is 4.90 Å². The number of methoxy groups -OCH3 is 2. The van der Waals surface area contributed by atoms with Gasteiger partial charge < -0.3 is 14.8 Å². The predicted octanol–water partition coefficient (Wildman–Crippen LogP) is 3.07. The Hall–Kier alpha value is -1.85. The van der Waals surface area contributed by atoms with Crippen LogP contribution in [-0.2, 0) is 19.7 Å². The Labute approximate surface area is 160 Å². The van der Waals surface area contributed by atoms with Crippen LogP contribution in [0.2, 0.25) is 0 Å². The van der Waals surface area contributed by atoms with Crippen molar-refractivity contribution in [3.63, 3.8) is 0 Å². The summed E-state index contributed by atoms with van der Waals surface area (Å²) in [7, 11) is 3.31. The first-order valence-electron chi connectivity index (χ1n) is 10.1. The molecule has 144 valence electrons. The molecule has 0 radical (unpaired) electrons. The quantitative estimate of drug-likeness (QED) is 0.831. The molecule has 0 amide bonds. The molecule has 1 aromatic carbocycles. The lowest BCUT2D eigenvalue weighted by Crippen LogP contribution is -2.61. The van der Waals surface area contributed by atoms with Crippen molar-refractivity contribution in [2.45, 2.75) is 50.2 Å². The Morgan fingerprint density at radius 1 is 1.33 bits per heavy atom.